The second kappa shape index (κ2) is 7.76. The van der Waals surface area contributed by atoms with Gasteiger partial charge in [0.1, 0.15) is 11.4 Å². The number of anilines is 1. The molecular weight excluding hydrogens is 345 g/mol. The molecule has 1 aliphatic carbocycles. The summed E-state index contributed by atoms with van der Waals surface area (Å²) in [5.41, 5.74) is -0.0559. The average molecular weight is 375 g/mol. The van der Waals surface area contributed by atoms with Gasteiger partial charge in [-0.25, -0.2) is 4.39 Å². The summed E-state index contributed by atoms with van der Waals surface area (Å²) in [4.78, 5) is 19.7. The lowest BCUT2D eigenvalue weighted by molar-refractivity contribution is -0.161. The first-order chi connectivity index (χ1) is 13.1. The van der Waals surface area contributed by atoms with E-state index in [0.29, 0.717) is 31.9 Å². The Morgan fingerprint density at radius 2 is 1.78 bits per heavy atom. The Morgan fingerprint density at radius 1 is 1.11 bits per heavy atom. The number of nitrogens with zero attached hydrogens (tertiary/aromatic N) is 3. The van der Waals surface area contributed by atoms with Crippen molar-refractivity contribution in [2.24, 2.45) is 5.92 Å². The molecule has 2 aliphatic heterocycles. The second-order valence-corrected chi connectivity index (χ2v) is 8.17. The fourth-order valence-corrected chi connectivity index (χ4v) is 4.41. The lowest BCUT2D eigenvalue weighted by Gasteiger charge is -2.44. The van der Waals surface area contributed by atoms with E-state index in [-0.39, 0.29) is 11.7 Å². The van der Waals surface area contributed by atoms with E-state index in [0.717, 1.165) is 31.8 Å². The minimum Gasteiger partial charge on any atom is -0.368 e. The fraction of sp³-hybridized carbons (Fsp3) is 0.667. The molecule has 0 radical (unpaired) electrons. The van der Waals surface area contributed by atoms with Gasteiger partial charge in [0, 0.05) is 52.9 Å². The number of hydrogen-bond donors (Lipinski definition) is 0. The van der Waals surface area contributed by atoms with Gasteiger partial charge in [-0.05, 0) is 43.7 Å². The molecule has 27 heavy (non-hydrogen) atoms. The highest BCUT2D eigenvalue weighted by atomic mass is 19.1. The monoisotopic (exact) mass is 375 g/mol. The average Bonchev–Trinajstić information content (AvgIpc) is 3.53. The van der Waals surface area contributed by atoms with Gasteiger partial charge in [-0.1, -0.05) is 12.1 Å². The summed E-state index contributed by atoms with van der Waals surface area (Å²) in [6.45, 7) is 5.58. The molecule has 4 rings (SSSR count). The van der Waals surface area contributed by atoms with Crippen molar-refractivity contribution >= 4 is 11.6 Å². The highest BCUT2D eigenvalue weighted by molar-refractivity contribution is 5.85. The molecule has 1 aromatic carbocycles. The van der Waals surface area contributed by atoms with E-state index in [2.05, 4.69) is 4.90 Å². The number of hydrogen-bond acceptors (Lipinski definition) is 4. The van der Waals surface area contributed by atoms with Crippen molar-refractivity contribution in [3.05, 3.63) is 30.1 Å². The van der Waals surface area contributed by atoms with Gasteiger partial charge in [0.05, 0.1) is 5.69 Å². The minimum absolute atomic E-state index is 0.115. The van der Waals surface area contributed by atoms with Crippen LogP contribution in [0.15, 0.2) is 24.3 Å². The predicted octanol–water partition coefficient (Wildman–Crippen LogP) is 2.37. The van der Waals surface area contributed by atoms with Crippen LogP contribution in [-0.4, -0.2) is 74.2 Å². The van der Waals surface area contributed by atoms with Gasteiger partial charge in [-0.3, -0.25) is 4.79 Å². The number of piperidine rings is 1. The van der Waals surface area contributed by atoms with Crippen molar-refractivity contribution < 1.29 is 13.9 Å². The van der Waals surface area contributed by atoms with Crippen LogP contribution >= 0.6 is 0 Å². The molecule has 1 amide bonds. The van der Waals surface area contributed by atoms with E-state index in [4.69, 9.17) is 4.74 Å². The third-order valence-electron chi connectivity index (χ3n) is 6.42. The van der Waals surface area contributed by atoms with E-state index in [1.54, 1.807) is 19.2 Å². The Kier molecular flexibility index (Phi) is 5.37. The Morgan fingerprint density at radius 3 is 2.37 bits per heavy atom. The molecule has 148 valence electrons. The molecule has 0 N–H and O–H groups in total. The van der Waals surface area contributed by atoms with Gasteiger partial charge in [0.2, 0.25) is 0 Å². The van der Waals surface area contributed by atoms with Crippen molar-refractivity contribution in [3.8, 4) is 0 Å². The number of likely N-dealkylation sites (tertiary alicyclic amines) is 1. The van der Waals surface area contributed by atoms with E-state index >= 15 is 0 Å². The predicted molar refractivity (Wildman–Crippen MR) is 103 cm³/mol. The fourth-order valence-electron chi connectivity index (χ4n) is 4.41. The molecule has 2 heterocycles. The molecular formula is C21H30FN3O2. The van der Waals surface area contributed by atoms with Crippen molar-refractivity contribution in [3.63, 3.8) is 0 Å². The van der Waals surface area contributed by atoms with Gasteiger partial charge in [-0.2, -0.15) is 0 Å². The summed E-state index contributed by atoms with van der Waals surface area (Å²) in [6, 6.07) is 6.85. The van der Waals surface area contributed by atoms with E-state index in [1.165, 1.54) is 25.5 Å². The number of para-hydroxylation sites is 1. The molecule has 0 bridgehead atoms. The van der Waals surface area contributed by atoms with E-state index in [9.17, 15) is 9.18 Å². The van der Waals surface area contributed by atoms with Gasteiger partial charge in [0.25, 0.3) is 5.91 Å². The van der Waals surface area contributed by atoms with Crippen LogP contribution < -0.4 is 4.90 Å². The first-order valence-corrected chi connectivity index (χ1v) is 10.2. The van der Waals surface area contributed by atoms with Crippen molar-refractivity contribution in [1.82, 2.24) is 9.80 Å². The summed E-state index contributed by atoms with van der Waals surface area (Å²) < 4.78 is 19.8. The number of ether oxygens (including phenoxy) is 1. The number of piperazine rings is 1. The first-order valence-electron chi connectivity index (χ1n) is 10.2. The lowest BCUT2D eigenvalue weighted by Crippen LogP contribution is -2.59. The van der Waals surface area contributed by atoms with E-state index < -0.39 is 5.60 Å². The molecule has 6 heteroatoms. The highest BCUT2D eigenvalue weighted by Crippen LogP contribution is 2.34. The van der Waals surface area contributed by atoms with Gasteiger partial charge in [0.15, 0.2) is 0 Å². The molecule has 1 saturated carbocycles. The minimum atomic E-state index is -0.680. The maximum absolute atomic E-state index is 14.0. The highest BCUT2D eigenvalue weighted by Gasteiger charge is 2.45. The third kappa shape index (κ3) is 3.97. The van der Waals surface area contributed by atoms with Crippen molar-refractivity contribution in [1.29, 1.82) is 0 Å². The van der Waals surface area contributed by atoms with Gasteiger partial charge in [-0.15, -0.1) is 0 Å². The molecule has 1 aromatic rings. The zero-order valence-electron chi connectivity index (χ0n) is 16.2. The largest absolute Gasteiger partial charge is 0.368 e. The molecule has 3 fully saturated rings. The number of amides is 1. The topological polar surface area (TPSA) is 36.0 Å². The molecule has 5 nitrogen and oxygen atoms in total. The zero-order chi connectivity index (χ0) is 18.9. The summed E-state index contributed by atoms with van der Waals surface area (Å²) in [6.07, 6.45) is 4.25. The molecule has 0 spiro atoms. The van der Waals surface area contributed by atoms with Crippen LogP contribution in [0.3, 0.4) is 0 Å². The Balaban J connectivity index is 1.34. The molecule has 2 saturated heterocycles. The molecule has 0 atom stereocenters. The molecule has 0 unspecified atom stereocenters. The van der Waals surface area contributed by atoms with Crippen LogP contribution in [0, 0.1) is 11.7 Å². The Labute approximate surface area is 161 Å². The number of benzene rings is 1. The lowest BCUT2D eigenvalue weighted by atomic mass is 9.89. The second-order valence-electron chi connectivity index (χ2n) is 8.17. The van der Waals surface area contributed by atoms with Crippen LogP contribution in [0.4, 0.5) is 10.1 Å². The van der Waals surface area contributed by atoms with Gasteiger partial charge < -0.3 is 19.4 Å². The van der Waals surface area contributed by atoms with Crippen LogP contribution in [0.5, 0.6) is 0 Å². The van der Waals surface area contributed by atoms with E-state index in [1.807, 2.05) is 15.9 Å². The number of halogens is 1. The number of carbonyl (C=O) groups is 1. The Bertz CT molecular complexity index is 663. The SMILES string of the molecule is COC1(C(=O)N2CCN(c3ccccc3F)CC2)CCN(CC2CC2)CC1. The summed E-state index contributed by atoms with van der Waals surface area (Å²) in [7, 11) is 1.67. The van der Waals surface area contributed by atoms with Crippen molar-refractivity contribution in [2.45, 2.75) is 31.3 Å². The summed E-state index contributed by atoms with van der Waals surface area (Å²) >= 11 is 0. The first kappa shape index (κ1) is 18.7. The standard InChI is InChI=1S/C21H30FN3O2/c1-27-21(8-10-23(11-9-21)16-17-6-7-17)20(26)25-14-12-24(13-15-25)19-5-3-2-4-18(19)22/h2-5,17H,6-16H2,1H3. The van der Waals surface area contributed by atoms with Crippen LogP contribution in [0.1, 0.15) is 25.7 Å². The quantitative estimate of drug-likeness (QED) is 0.792. The van der Waals surface area contributed by atoms with Gasteiger partial charge >= 0.3 is 0 Å². The Hall–Kier alpha value is -1.66. The van der Waals surface area contributed by atoms with Crippen molar-refractivity contribution in [2.75, 3.05) is 57.8 Å². The maximum Gasteiger partial charge on any atom is 0.255 e. The van der Waals surface area contributed by atoms with Crippen LogP contribution in [0.25, 0.3) is 0 Å². The normalized spacial score (nSPS) is 23.5. The number of methoxy groups -OCH3 is 1. The smallest absolute Gasteiger partial charge is 0.255 e. The zero-order valence-corrected chi connectivity index (χ0v) is 16.2. The summed E-state index contributed by atoms with van der Waals surface area (Å²) in [5, 5.41) is 0. The third-order valence-corrected chi connectivity index (χ3v) is 6.42. The molecule has 3 aliphatic rings. The van der Waals surface area contributed by atoms with Crippen LogP contribution in [0.2, 0.25) is 0 Å². The van der Waals surface area contributed by atoms with Crippen LogP contribution in [-0.2, 0) is 9.53 Å². The molecule has 0 aromatic heterocycles. The summed E-state index contributed by atoms with van der Waals surface area (Å²) in [5.74, 6) is 0.792. The number of rotatable bonds is 5. The maximum atomic E-state index is 14.0. The number of carbonyl (C=O) groups excluding carboxylic acids is 1.